The summed E-state index contributed by atoms with van der Waals surface area (Å²) in [5, 5.41) is 0. The molecule has 21 heavy (non-hydrogen) atoms. The van der Waals surface area contributed by atoms with E-state index in [-0.39, 0.29) is 5.97 Å². The van der Waals surface area contributed by atoms with Gasteiger partial charge in [0.15, 0.2) is 0 Å². The number of rotatable bonds is 3. The maximum Gasteiger partial charge on any atom is 0.352 e. The number of benzene rings is 2. The van der Waals surface area contributed by atoms with Crippen LogP contribution in [0.25, 0.3) is 11.1 Å². The van der Waals surface area contributed by atoms with Gasteiger partial charge >= 0.3 is 5.97 Å². The first-order chi connectivity index (χ1) is 10.2. The second-order valence-corrected chi connectivity index (χ2v) is 4.70. The first-order valence-corrected chi connectivity index (χ1v) is 6.85. The quantitative estimate of drug-likeness (QED) is 0.811. The smallest absolute Gasteiger partial charge is 0.352 e. The molecule has 0 aliphatic carbocycles. The van der Waals surface area contributed by atoms with Crippen molar-refractivity contribution in [1.29, 1.82) is 0 Å². The van der Waals surface area contributed by atoms with Gasteiger partial charge in [0, 0.05) is 11.1 Å². The molecule has 1 aliphatic heterocycles. The van der Waals surface area contributed by atoms with Crippen LogP contribution < -0.4 is 9.47 Å². The molecule has 2 aromatic carbocycles. The standard InChI is InChI=1S/C17H16O4/c1-3-20-17(18)16-13-7-5-4-6-12(13)14-10-11(19-2)8-9-15(14)21-16/h4-10,16H,3H2,1-2H3. The molecule has 3 rings (SSSR count). The number of hydrogen-bond donors (Lipinski definition) is 0. The fourth-order valence-corrected chi connectivity index (χ4v) is 2.50. The number of esters is 1. The van der Waals surface area contributed by atoms with Crippen LogP contribution in [-0.2, 0) is 9.53 Å². The van der Waals surface area contributed by atoms with Gasteiger partial charge < -0.3 is 14.2 Å². The van der Waals surface area contributed by atoms with Crippen molar-refractivity contribution in [2.24, 2.45) is 0 Å². The van der Waals surface area contributed by atoms with Crippen LogP contribution in [-0.4, -0.2) is 19.7 Å². The largest absolute Gasteiger partial charge is 0.497 e. The molecule has 108 valence electrons. The highest BCUT2D eigenvalue weighted by Crippen LogP contribution is 2.44. The maximum absolute atomic E-state index is 12.1. The highest BCUT2D eigenvalue weighted by atomic mass is 16.6. The summed E-state index contributed by atoms with van der Waals surface area (Å²) in [6.07, 6.45) is -0.720. The Morgan fingerprint density at radius 3 is 2.76 bits per heavy atom. The van der Waals surface area contributed by atoms with Crippen molar-refractivity contribution in [2.75, 3.05) is 13.7 Å². The summed E-state index contributed by atoms with van der Waals surface area (Å²) in [6.45, 7) is 2.11. The van der Waals surface area contributed by atoms with Gasteiger partial charge in [0.1, 0.15) is 11.5 Å². The molecular weight excluding hydrogens is 268 g/mol. The van der Waals surface area contributed by atoms with Crippen LogP contribution in [0.3, 0.4) is 0 Å². The summed E-state index contributed by atoms with van der Waals surface area (Å²) in [5.41, 5.74) is 2.71. The average molecular weight is 284 g/mol. The van der Waals surface area contributed by atoms with Crippen molar-refractivity contribution >= 4 is 5.97 Å². The number of hydrogen-bond acceptors (Lipinski definition) is 4. The van der Waals surface area contributed by atoms with Gasteiger partial charge in [0.2, 0.25) is 6.10 Å². The van der Waals surface area contributed by atoms with Gasteiger partial charge in [-0.05, 0) is 30.7 Å². The van der Waals surface area contributed by atoms with Gasteiger partial charge in [-0.2, -0.15) is 0 Å². The minimum atomic E-state index is -0.720. The zero-order valence-corrected chi connectivity index (χ0v) is 12.0. The van der Waals surface area contributed by atoms with E-state index in [0.29, 0.717) is 12.4 Å². The summed E-state index contributed by atoms with van der Waals surface area (Å²) in [6, 6.07) is 13.2. The minimum absolute atomic E-state index is 0.330. The Kier molecular flexibility index (Phi) is 3.52. The number of ether oxygens (including phenoxy) is 3. The van der Waals surface area contributed by atoms with E-state index in [4.69, 9.17) is 14.2 Å². The third-order valence-electron chi connectivity index (χ3n) is 3.47. The molecule has 1 aliphatic rings. The lowest BCUT2D eigenvalue weighted by molar-refractivity contribution is -0.151. The fourth-order valence-electron chi connectivity index (χ4n) is 2.50. The highest BCUT2D eigenvalue weighted by molar-refractivity contribution is 5.86. The van der Waals surface area contributed by atoms with Crippen molar-refractivity contribution in [1.82, 2.24) is 0 Å². The van der Waals surface area contributed by atoms with Crippen LogP contribution in [0.1, 0.15) is 18.6 Å². The number of fused-ring (bicyclic) bond motifs is 3. The lowest BCUT2D eigenvalue weighted by Gasteiger charge is -2.27. The second kappa shape index (κ2) is 5.48. The molecule has 4 nitrogen and oxygen atoms in total. The van der Waals surface area contributed by atoms with Crippen LogP contribution in [0.5, 0.6) is 11.5 Å². The zero-order chi connectivity index (χ0) is 14.8. The van der Waals surface area contributed by atoms with Crippen molar-refractivity contribution in [3.05, 3.63) is 48.0 Å². The first kappa shape index (κ1) is 13.5. The topological polar surface area (TPSA) is 44.8 Å². The van der Waals surface area contributed by atoms with E-state index in [9.17, 15) is 4.79 Å². The van der Waals surface area contributed by atoms with E-state index >= 15 is 0 Å². The van der Waals surface area contributed by atoms with Crippen molar-refractivity contribution in [3.63, 3.8) is 0 Å². The van der Waals surface area contributed by atoms with Crippen LogP contribution in [0.15, 0.2) is 42.5 Å². The molecule has 2 aromatic rings. The van der Waals surface area contributed by atoms with Crippen molar-refractivity contribution in [2.45, 2.75) is 13.0 Å². The third kappa shape index (κ3) is 2.33. The highest BCUT2D eigenvalue weighted by Gasteiger charge is 2.32. The van der Waals surface area contributed by atoms with E-state index in [1.807, 2.05) is 42.5 Å². The zero-order valence-electron chi connectivity index (χ0n) is 12.0. The molecule has 0 amide bonds. The van der Waals surface area contributed by atoms with E-state index < -0.39 is 6.10 Å². The van der Waals surface area contributed by atoms with Crippen LogP contribution in [0.4, 0.5) is 0 Å². The molecule has 0 fully saturated rings. The molecule has 0 saturated heterocycles. The Balaban J connectivity index is 2.11. The van der Waals surface area contributed by atoms with Gasteiger partial charge in [-0.15, -0.1) is 0 Å². The molecule has 0 saturated carbocycles. The monoisotopic (exact) mass is 284 g/mol. The van der Waals surface area contributed by atoms with Crippen LogP contribution in [0, 0.1) is 0 Å². The second-order valence-electron chi connectivity index (χ2n) is 4.70. The molecular formula is C17H16O4. The molecule has 1 unspecified atom stereocenters. The maximum atomic E-state index is 12.1. The van der Waals surface area contributed by atoms with Crippen molar-refractivity contribution in [3.8, 4) is 22.6 Å². The Bertz CT molecular complexity index is 678. The van der Waals surface area contributed by atoms with Gasteiger partial charge in [0.25, 0.3) is 0 Å². The number of carbonyl (C=O) groups excluding carboxylic acids is 1. The van der Waals surface area contributed by atoms with Gasteiger partial charge in [-0.3, -0.25) is 0 Å². The number of carbonyl (C=O) groups is 1. The predicted molar refractivity (Wildman–Crippen MR) is 78.4 cm³/mol. The summed E-state index contributed by atoms with van der Waals surface area (Å²) in [5.74, 6) is 1.04. The van der Waals surface area contributed by atoms with E-state index in [1.54, 1.807) is 14.0 Å². The van der Waals surface area contributed by atoms with E-state index in [0.717, 1.165) is 22.4 Å². The Hall–Kier alpha value is -2.49. The molecule has 4 heteroatoms. The average Bonchev–Trinajstić information content (AvgIpc) is 2.53. The van der Waals surface area contributed by atoms with Gasteiger partial charge in [-0.1, -0.05) is 24.3 Å². The summed E-state index contributed by atoms with van der Waals surface area (Å²) in [7, 11) is 1.62. The van der Waals surface area contributed by atoms with Crippen LogP contribution in [0.2, 0.25) is 0 Å². The first-order valence-electron chi connectivity index (χ1n) is 6.85. The SMILES string of the molecule is CCOC(=O)C1Oc2ccc(OC)cc2-c2ccccc21. The molecule has 0 N–H and O–H groups in total. The van der Waals surface area contributed by atoms with E-state index in [2.05, 4.69) is 0 Å². The molecule has 0 radical (unpaired) electrons. The van der Waals surface area contributed by atoms with Gasteiger partial charge in [0.05, 0.1) is 13.7 Å². The summed E-state index contributed by atoms with van der Waals surface area (Å²) >= 11 is 0. The minimum Gasteiger partial charge on any atom is -0.497 e. The Morgan fingerprint density at radius 1 is 1.19 bits per heavy atom. The van der Waals surface area contributed by atoms with Crippen LogP contribution >= 0.6 is 0 Å². The van der Waals surface area contributed by atoms with Gasteiger partial charge in [-0.25, -0.2) is 4.79 Å². The Labute approximate surface area is 123 Å². The molecule has 1 atom stereocenters. The number of methoxy groups -OCH3 is 1. The van der Waals surface area contributed by atoms with Crippen molar-refractivity contribution < 1.29 is 19.0 Å². The van der Waals surface area contributed by atoms with E-state index in [1.165, 1.54) is 0 Å². The lowest BCUT2D eigenvalue weighted by Crippen LogP contribution is -2.24. The molecule has 0 bridgehead atoms. The fraction of sp³-hybridized carbons (Fsp3) is 0.235. The molecule has 1 heterocycles. The molecule has 0 aromatic heterocycles. The summed E-state index contributed by atoms with van der Waals surface area (Å²) < 4.78 is 16.2. The normalized spacial score (nSPS) is 15.4. The Morgan fingerprint density at radius 2 is 2.00 bits per heavy atom. The summed E-state index contributed by atoms with van der Waals surface area (Å²) in [4.78, 5) is 12.1. The molecule has 0 spiro atoms. The third-order valence-corrected chi connectivity index (χ3v) is 3.47. The predicted octanol–water partition coefficient (Wildman–Crippen LogP) is 3.36. The lowest BCUT2D eigenvalue weighted by atomic mass is 9.92.